The smallest absolute Gasteiger partial charge is 0.326 e. The highest BCUT2D eigenvalue weighted by molar-refractivity contribution is 5.94. The maximum atomic E-state index is 14.2. The summed E-state index contributed by atoms with van der Waals surface area (Å²) in [6.07, 6.45) is 15.2. The zero-order valence-corrected chi connectivity index (χ0v) is 32.9. The molecular weight excluding hydrogens is 717 g/mol. The Hall–Kier alpha value is -4.11. The number of hydrogen-bond acceptors (Lipinski definition) is 7. The lowest BCUT2D eigenvalue weighted by Crippen LogP contribution is -2.59. The molecule has 8 bridgehead atoms. The first-order valence-electron chi connectivity index (χ1n) is 21.3. The highest BCUT2D eigenvalue weighted by Crippen LogP contribution is 2.61. The molecule has 3 atom stereocenters. The Morgan fingerprint density at radius 3 is 1.34 bits per heavy atom. The largest absolute Gasteiger partial charge is 0.480 e. The Morgan fingerprint density at radius 2 is 0.911 bits per heavy atom. The molecule has 312 valence electrons. The minimum absolute atomic E-state index is 0.0651. The van der Waals surface area contributed by atoms with Gasteiger partial charge in [0.2, 0.25) is 23.6 Å². The molecule has 13 N–H and O–H groups in total. The van der Waals surface area contributed by atoms with Crippen molar-refractivity contribution in [2.24, 2.45) is 79.3 Å². The number of hydrogen-bond donors (Lipinski definition) is 9. The molecule has 0 saturated heterocycles. The van der Waals surface area contributed by atoms with Crippen LogP contribution in [-0.4, -0.2) is 84.4 Å². The van der Waals surface area contributed by atoms with Crippen LogP contribution in [-0.2, 0) is 24.0 Å². The van der Waals surface area contributed by atoms with Crippen molar-refractivity contribution in [3.63, 3.8) is 0 Å². The molecule has 0 aromatic carbocycles. The van der Waals surface area contributed by atoms with Crippen LogP contribution in [0, 0.1) is 46.3 Å². The third-order valence-electron chi connectivity index (χ3n) is 14.0. The van der Waals surface area contributed by atoms with Crippen molar-refractivity contribution in [3.8, 4) is 0 Å². The fourth-order valence-corrected chi connectivity index (χ4v) is 12.3. The highest BCUT2D eigenvalue weighted by Gasteiger charge is 2.56. The number of rotatable bonds is 21. The maximum absolute atomic E-state index is 14.2. The third-order valence-corrected chi connectivity index (χ3v) is 14.0. The van der Waals surface area contributed by atoms with Crippen molar-refractivity contribution in [3.05, 3.63) is 0 Å². The summed E-state index contributed by atoms with van der Waals surface area (Å²) in [4.78, 5) is 75.6. The maximum Gasteiger partial charge on any atom is 0.326 e. The van der Waals surface area contributed by atoms with E-state index in [1.165, 1.54) is 38.5 Å². The van der Waals surface area contributed by atoms with Crippen LogP contribution in [0.5, 0.6) is 0 Å². The monoisotopic (exact) mass is 783 g/mol. The van der Waals surface area contributed by atoms with Crippen molar-refractivity contribution >= 4 is 41.5 Å². The molecule has 8 rings (SSSR count). The van der Waals surface area contributed by atoms with Crippen LogP contribution in [0.3, 0.4) is 0 Å². The van der Waals surface area contributed by atoms with Crippen molar-refractivity contribution in [2.45, 2.75) is 140 Å². The van der Waals surface area contributed by atoms with Gasteiger partial charge in [-0.2, -0.15) is 0 Å². The molecule has 16 heteroatoms. The molecule has 56 heavy (non-hydrogen) atoms. The zero-order valence-electron chi connectivity index (χ0n) is 32.9. The number of carbonyl (C=O) groups excluding carboxylic acids is 4. The van der Waals surface area contributed by atoms with Gasteiger partial charge in [0.15, 0.2) is 11.9 Å². The van der Waals surface area contributed by atoms with Crippen LogP contribution in [0.25, 0.3) is 0 Å². The highest BCUT2D eigenvalue weighted by atomic mass is 16.4. The fourth-order valence-electron chi connectivity index (χ4n) is 12.3. The third kappa shape index (κ3) is 10.2. The van der Waals surface area contributed by atoms with Gasteiger partial charge in [0.05, 0.1) is 0 Å². The Labute approximate surface area is 330 Å². The number of aliphatic imine (C=N–C) groups is 2. The molecule has 16 nitrogen and oxygen atoms in total. The van der Waals surface area contributed by atoms with Gasteiger partial charge in [0.1, 0.15) is 18.1 Å². The second-order valence-electron chi connectivity index (χ2n) is 18.5. The van der Waals surface area contributed by atoms with Gasteiger partial charge < -0.3 is 49.3 Å². The molecule has 0 spiro atoms. The Morgan fingerprint density at radius 1 is 0.536 bits per heavy atom. The first-order chi connectivity index (χ1) is 26.7. The number of unbranched alkanes of at least 4 members (excludes halogenated alkanes) is 1. The van der Waals surface area contributed by atoms with Crippen molar-refractivity contribution in [1.82, 2.24) is 21.3 Å². The van der Waals surface area contributed by atoms with E-state index in [0.29, 0.717) is 74.2 Å². The molecule has 8 saturated carbocycles. The van der Waals surface area contributed by atoms with E-state index < -0.39 is 41.3 Å². The summed E-state index contributed by atoms with van der Waals surface area (Å²) in [5, 5.41) is 21.7. The summed E-state index contributed by atoms with van der Waals surface area (Å²) >= 11 is 0. The quantitative estimate of drug-likeness (QED) is 0.0458. The second kappa shape index (κ2) is 18.0. The van der Waals surface area contributed by atoms with Crippen molar-refractivity contribution < 1.29 is 29.1 Å². The number of nitrogens with one attached hydrogen (secondary N) is 4. The van der Waals surface area contributed by atoms with Crippen LogP contribution in [0.2, 0.25) is 0 Å². The van der Waals surface area contributed by atoms with Gasteiger partial charge >= 0.3 is 5.97 Å². The Kier molecular flexibility index (Phi) is 13.3. The number of carboxylic acid groups (broad SMARTS) is 1. The number of nitrogens with zero attached hydrogens (tertiary/aromatic N) is 2. The number of carboxylic acids is 1. The lowest BCUT2D eigenvalue weighted by Gasteiger charge is -2.55. The van der Waals surface area contributed by atoms with Gasteiger partial charge in [-0.05, 0) is 158 Å². The van der Waals surface area contributed by atoms with Gasteiger partial charge in [0.25, 0.3) is 0 Å². The first-order valence-corrected chi connectivity index (χ1v) is 21.3. The summed E-state index contributed by atoms with van der Waals surface area (Å²) < 4.78 is 0. The number of amides is 4. The topological polar surface area (TPSA) is 282 Å². The molecule has 0 aliphatic heterocycles. The molecule has 8 aliphatic rings. The minimum Gasteiger partial charge on any atom is -0.480 e. The van der Waals surface area contributed by atoms with E-state index in [0.717, 1.165) is 38.5 Å². The van der Waals surface area contributed by atoms with Crippen molar-refractivity contribution in [2.75, 3.05) is 19.6 Å². The normalized spacial score (nSPS) is 32.1. The van der Waals surface area contributed by atoms with Crippen LogP contribution < -0.4 is 44.2 Å². The summed E-state index contributed by atoms with van der Waals surface area (Å²) in [6.45, 7) is 0.884. The van der Waals surface area contributed by atoms with E-state index in [2.05, 4.69) is 31.3 Å². The fraction of sp³-hybridized carbons (Fsp3) is 0.825. The van der Waals surface area contributed by atoms with Gasteiger partial charge in [-0.1, -0.05) is 0 Å². The summed E-state index contributed by atoms with van der Waals surface area (Å²) in [7, 11) is 0. The van der Waals surface area contributed by atoms with E-state index in [-0.39, 0.29) is 55.1 Å². The molecular formula is C40H66N10O6. The number of nitrogens with two attached hydrogens (primary N) is 4. The molecule has 8 fully saturated rings. The average molecular weight is 783 g/mol. The van der Waals surface area contributed by atoms with Crippen LogP contribution in [0.15, 0.2) is 9.98 Å². The standard InChI is InChI=1S/C40H66N10O6/c41-37(42)46-9-3-6-29(32(51)49-31(34(53)54)7-4-10-47-38(43)44)48-33(52)30(50-36(56)40-20-26-14-27(21-40)16-28(15-26)22-40)5-1-2-8-45-35(55)39-17-23-11-24(18-39)13-25(12-23)19-39/h23-31H,1-22H2,(H,45,55)(H,48,52)(H,49,51)(H,50,56)(H,53,54)(H4,41,42,46)(H4,43,44,47)/t23?,24?,25?,26?,27?,28?,29-,30-,31-,39?,40?/m0/s1. The van der Waals surface area contributed by atoms with Gasteiger partial charge in [-0.3, -0.25) is 29.2 Å². The van der Waals surface area contributed by atoms with Crippen LogP contribution in [0.1, 0.15) is 122 Å². The first kappa shape index (κ1) is 41.5. The second-order valence-corrected chi connectivity index (χ2v) is 18.5. The van der Waals surface area contributed by atoms with Crippen molar-refractivity contribution in [1.29, 1.82) is 0 Å². The van der Waals surface area contributed by atoms with E-state index in [9.17, 15) is 29.1 Å². The molecule has 4 amide bonds. The van der Waals surface area contributed by atoms with Gasteiger partial charge in [-0.25, -0.2) is 4.79 Å². The predicted octanol–water partition coefficient (Wildman–Crippen LogP) is 1.35. The zero-order chi connectivity index (χ0) is 40.0. The molecule has 8 aliphatic carbocycles. The number of carbonyl (C=O) groups is 5. The average Bonchev–Trinajstić information content (AvgIpc) is 3.11. The molecule has 0 aromatic rings. The summed E-state index contributed by atoms with van der Waals surface area (Å²) in [5.74, 6) is 1.08. The number of aliphatic carboxylic acids is 1. The van der Waals surface area contributed by atoms with Gasteiger partial charge in [0, 0.05) is 30.5 Å². The Bertz CT molecular complexity index is 1450. The Balaban J connectivity index is 1.10. The lowest BCUT2D eigenvalue weighted by atomic mass is 9.49. The van der Waals surface area contributed by atoms with E-state index >= 15 is 0 Å². The molecule has 0 heterocycles. The summed E-state index contributed by atoms with van der Waals surface area (Å²) in [5.41, 5.74) is 21.0. The number of guanidine groups is 2. The minimum atomic E-state index is -1.24. The molecule has 0 radical (unpaired) electrons. The molecule has 0 aromatic heterocycles. The van der Waals surface area contributed by atoms with E-state index in [1.54, 1.807) is 0 Å². The lowest BCUT2D eigenvalue weighted by molar-refractivity contribution is -0.148. The van der Waals surface area contributed by atoms with Crippen LogP contribution in [0.4, 0.5) is 0 Å². The van der Waals surface area contributed by atoms with E-state index in [4.69, 9.17) is 22.9 Å². The van der Waals surface area contributed by atoms with Gasteiger partial charge in [-0.15, -0.1) is 0 Å². The van der Waals surface area contributed by atoms with E-state index in [1.807, 2.05) is 0 Å². The SMILES string of the molecule is NC(N)=NCCC[C@H](NC(=O)[C@H](CCCN=C(N)N)NC(=O)[C@H](CCCCNC(=O)C12CC3CC(CC(C3)C1)C2)NC(=O)C12CC3CC(CC(C3)C1)C2)C(=O)O. The summed E-state index contributed by atoms with van der Waals surface area (Å²) in [6, 6.07) is -3.28. The molecule has 0 unspecified atom stereocenters. The predicted molar refractivity (Wildman–Crippen MR) is 211 cm³/mol. The van der Waals surface area contributed by atoms with Crippen LogP contribution >= 0.6 is 0 Å².